The number of aliphatic hydroxyl groups excluding tert-OH is 1. The normalized spacial score (nSPS) is 27.4. The van der Waals surface area contributed by atoms with E-state index in [4.69, 9.17) is 4.74 Å². The highest BCUT2D eigenvalue weighted by Crippen LogP contribution is 2.61. The molecule has 0 aliphatic carbocycles. The van der Waals surface area contributed by atoms with Gasteiger partial charge in [0.15, 0.2) is 5.60 Å². The van der Waals surface area contributed by atoms with Crippen LogP contribution in [0.4, 0.5) is 21.2 Å². The van der Waals surface area contributed by atoms with Crippen LogP contribution in [0.2, 0.25) is 18.6 Å². The molecule has 4 aliphatic rings. The SMILES string of the molecule is C[C@H]1[C@H]([Si](C)(C)F)[C@@H](CC(=O)N2Cc3ccccc3C[C@H]2CO)O[C@]12C(=O)N(c1ccccc1)c1ccc(N3CCNCC3=O)cc12. The highest BCUT2D eigenvalue weighted by molar-refractivity contribution is 6.72. The zero-order chi connectivity index (χ0) is 33.1. The second-order valence-electron chi connectivity index (χ2n) is 13.7. The number of hydrogen-bond acceptors (Lipinski definition) is 6. The molecule has 246 valence electrons. The van der Waals surface area contributed by atoms with E-state index in [1.165, 1.54) is 0 Å². The summed E-state index contributed by atoms with van der Waals surface area (Å²) in [6.45, 7) is 6.60. The number of fused-ring (bicyclic) bond motifs is 3. The van der Waals surface area contributed by atoms with Crippen molar-refractivity contribution in [1.82, 2.24) is 10.2 Å². The van der Waals surface area contributed by atoms with Crippen molar-refractivity contribution in [1.29, 1.82) is 0 Å². The van der Waals surface area contributed by atoms with Crippen LogP contribution in [0.5, 0.6) is 0 Å². The molecule has 4 aliphatic heterocycles. The van der Waals surface area contributed by atoms with Gasteiger partial charge in [0.05, 0.1) is 37.4 Å². The van der Waals surface area contributed by atoms with Crippen LogP contribution in [0.15, 0.2) is 72.8 Å². The van der Waals surface area contributed by atoms with Crippen LogP contribution in [0.25, 0.3) is 0 Å². The average Bonchev–Trinajstić information content (AvgIpc) is 3.50. The minimum Gasteiger partial charge on any atom is -0.394 e. The Kier molecular flexibility index (Phi) is 8.06. The maximum Gasteiger partial charge on any atom is 0.268 e. The molecule has 3 amide bonds. The molecule has 0 aromatic heterocycles. The fraction of sp³-hybridized carbons (Fsp3) is 0.417. The quantitative estimate of drug-likeness (QED) is 0.301. The van der Waals surface area contributed by atoms with Crippen molar-refractivity contribution in [3.05, 3.63) is 89.5 Å². The number of nitrogens with zero attached hydrogens (tertiary/aromatic N) is 3. The second-order valence-corrected chi connectivity index (χ2v) is 17.5. The summed E-state index contributed by atoms with van der Waals surface area (Å²) in [7, 11) is -3.54. The summed E-state index contributed by atoms with van der Waals surface area (Å²) in [5, 5.41) is 13.4. The van der Waals surface area contributed by atoms with E-state index in [1.807, 2.05) is 79.7 Å². The van der Waals surface area contributed by atoms with E-state index < -0.39 is 37.6 Å². The van der Waals surface area contributed by atoms with E-state index in [-0.39, 0.29) is 37.3 Å². The number of nitrogens with one attached hydrogen (secondary N) is 1. The number of rotatable bonds is 6. The highest BCUT2D eigenvalue weighted by atomic mass is 28.4. The van der Waals surface area contributed by atoms with Crippen LogP contribution in [0.3, 0.4) is 0 Å². The highest BCUT2D eigenvalue weighted by Gasteiger charge is 2.67. The Morgan fingerprint density at radius 2 is 1.77 bits per heavy atom. The third-order valence-corrected chi connectivity index (χ3v) is 13.0. The molecule has 9 nitrogen and oxygen atoms in total. The Morgan fingerprint density at radius 1 is 1.04 bits per heavy atom. The number of carbonyl (C=O) groups is 3. The molecule has 1 spiro atoms. The molecular formula is C36H41FN4O5Si. The monoisotopic (exact) mass is 656 g/mol. The third kappa shape index (κ3) is 5.20. The minimum atomic E-state index is -3.54. The van der Waals surface area contributed by atoms with Gasteiger partial charge in [0.25, 0.3) is 5.91 Å². The first-order valence-electron chi connectivity index (χ1n) is 16.4. The Labute approximate surface area is 275 Å². The Morgan fingerprint density at radius 3 is 2.47 bits per heavy atom. The lowest BCUT2D eigenvalue weighted by molar-refractivity contribution is -0.150. The molecule has 7 rings (SSSR count). The first-order valence-corrected chi connectivity index (χ1v) is 19.4. The van der Waals surface area contributed by atoms with Crippen molar-refractivity contribution >= 4 is 43.2 Å². The van der Waals surface area contributed by atoms with Crippen LogP contribution in [0, 0.1) is 5.92 Å². The predicted octanol–water partition coefficient (Wildman–Crippen LogP) is 4.41. The van der Waals surface area contributed by atoms with Crippen LogP contribution >= 0.6 is 0 Å². The topological polar surface area (TPSA) is 102 Å². The van der Waals surface area contributed by atoms with Crippen LogP contribution in [-0.4, -0.2) is 74.5 Å². The first-order chi connectivity index (χ1) is 22.5. The molecule has 2 N–H and O–H groups in total. The van der Waals surface area contributed by atoms with Crippen LogP contribution in [0.1, 0.15) is 30.0 Å². The molecule has 0 unspecified atom stereocenters. The van der Waals surface area contributed by atoms with E-state index in [0.29, 0.717) is 48.7 Å². The van der Waals surface area contributed by atoms with Crippen LogP contribution < -0.4 is 15.1 Å². The molecule has 2 saturated heterocycles. The van der Waals surface area contributed by atoms with Gasteiger partial charge < -0.3 is 29.1 Å². The molecule has 47 heavy (non-hydrogen) atoms. The number of piperazine rings is 1. The van der Waals surface area contributed by atoms with Crippen molar-refractivity contribution in [2.75, 3.05) is 36.0 Å². The third-order valence-electron chi connectivity index (χ3n) is 10.5. The lowest BCUT2D eigenvalue weighted by atomic mass is 9.82. The Balaban J connectivity index is 1.30. The average molecular weight is 657 g/mol. The number of ether oxygens (including phenoxy) is 1. The van der Waals surface area contributed by atoms with Gasteiger partial charge in [0.2, 0.25) is 20.2 Å². The van der Waals surface area contributed by atoms with E-state index in [0.717, 1.165) is 11.1 Å². The largest absolute Gasteiger partial charge is 0.394 e. The molecule has 0 saturated carbocycles. The van der Waals surface area contributed by atoms with E-state index in [1.54, 1.807) is 27.8 Å². The number of amides is 3. The van der Waals surface area contributed by atoms with Gasteiger partial charge >= 0.3 is 0 Å². The second kappa shape index (κ2) is 12.0. The molecule has 4 heterocycles. The zero-order valence-electron chi connectivity index (χ0n) is 27.0. The van der Waals surface area contributed by atoms with Gasteiger partial charge in [-0.2, -0.15) is 0 Å². The maximum absolute atomic E-state index is 16.5. The van der Waals surface area contributed by atoms with Gasteiger partial charge in [-0.15, -0.1) is 0 Å². The summed E-state index contributed by atoms with van der Waals surface area (Å²) >= 11 is 0. The standard InChI is InChI=1S/C36H41FN4O5Si/c1-23-34(47(2,3)37)31(19-32(43)40-21-25-10-8-7-9-24(25)17-28(40)22-42)46-36(23)29-18-27(39-16-15-38-20-33(39)44)13-14-30(29)41(35(36)45)26-11-5-4-6-12-26/h4-14,18,23,28,31,34,38,42H,15-17,19-22H2,1-3H3/t23-,28-,31+,34-,36+/m0/s1. The first kappa shape index (κ1) is 31.7. The van der Waals surface area contributed by atoms with Gasteiger partial charge in [-0.05, 0) is 61.0 Å². The number of para-hydroxylation sites is 1. The summed E-state index contributed by atoms with van der Waals surface area (Å²) in [5.41, 5.74) is 2.40. The molecule has 3 aromatic carbocycles. The van der Waals surface area contributed by atoms with Crippen molar-refractivity contribution in [3.63, 3.8) is 0 Å². The smallest absolute Gasteiger partial charge is 0.268 e. The molecular weight excluding hydrogens is 616 g/mol. The van der Waals surface area contributed by atoms with Gasteiger partial charge in [-0.25, -0.2) is 0 Å². The molecule has 3 aromatic rings. The predicted molar refractivity (Wildman–Crippen MR) is 179 cm³/mol. The lowest BCUT2D eigenvalue weighted by Gasteiger charge is -2.37. The summed E-state index contributed by atoms with van der Waals surface area (Å²) in [5.74, 6) is -1.23. The summed E-state index contributed by atoms with van der Waals surface area (Å²) in [4.78, 5) is 46.9. The van der Waals surface area contributed by atoms with Crippen LogP contribution in [-0.2, 0) is 37.7 Å². The van der Waals surface area contributed by atoms with E-state index in [9.17, 15) is 19.5 Å². The van der Waals surface area contributed by atoms with Crippen molar-refractivity contribution in [2.24, 2.45) is 5.92 Å². The van der Waals surface area contributed by atoms with Crippen molar-refractivity contribution in [3.8, 4) is 0 Å². The van der Waals surface area contributed by atoms with Crippen molar-refractivity contribution in [2.45, 2.75) is 62.7 Å². The van der Waals surface area contributed by atoms with E-state index in [2.05, 4.69) is 5.32 Å². The lowest BCUT2D eigenvalue weighted by Crippen LogP contribution is -2.48. The molecule has 0 bridgehead atoms. The van der Waals surface area contributed by atoms with Gasteiger partial charge in [0.1, 0.15) is 0 Å². The minimum absolute atomic E-state index is 0.0740. The van der Waals surface area contributed by atoms with Gasteiger partial charge in [-0.3, -0.25) is 19.3 Å². The molecule has 5 atom stereocenters. The fourth-order valence-corrected chi connectivity index (χ4v) is 10.9. The zero-order valence-corrected chi connectivity index (χ0v) is 28.0. The maximum atomic E-state index is 16.5. The summed E-state index contributed by atoms with van der Waals surface area (Å²) in [6.07, 6.45) is -0.444. The van der Waals surface area contributed by atoms with Gasteiger partial charge in [0, 0.05) is 48.0 Å². The number of hydrogen-bond donors (Lipinski definition) is 2. The number of benzene rings is 3. The molecule has 11 heteroatoms. The van der Waals surface area contributed by atoms with Gasteiger partial charge in [-0.1, -0.05) is 49.4 Å². The Bertz CT molecular complexity index is 1720. The summed E-state index contributed by atoms with van der Waals surface area (Å²) in [6, 6.07) is 22.3. The molecule has 0 radical (unpaired) electrons. The number of carbonyl (C=O) groups excluding carboxylic acids is 3. The molecule has 2 fully saturated rings. The number of anilines is 3. The Hall–Kier alpha value is -3.90. The fourth-order valence-electron chi connectivity index (χ4n) is 8.37. The summed E-state index contributed by atoms with van der Waals surface area (Å²) < 4.78 is 23.4. The number of aliphatic hydroxyl groups is 1. The number of halogens is 1. The van der Waals surface area contributed by atoms with E-state index >= 15 is 4.11 Å². The van der Waals surface area contributed by atoms with Crippen molar-refractivity contribution < 1.29 is 28.3 Å².